The van der Waals surface area contributed by atoms with Crippen molar-refractivity contribution in [1.82, 2.24) is 4.72 Å². The van der Waals surface area contributed by atoms with Crippen LogP contribution in [0, 0.1) is 5.92 Å². The molecule has 1 aromatic rings. The van der Waals surface area contributed by atoms with E-state index in [1.165, 1.54) is 0 Å². The highest BCUT2D eigenvalue weighted by atomic mass is 32.2. The van der Waals surface area contributed by atoms with Gasteiger partial charge >= 0.3 is 0 Å². The van der Waals surface area contributed by atoms with Crippen molar-refractivity contribution >= 4 is 15.7 Å². The van der Waals surface area contributed by atoms with Gasteiger partial charge in [-0.25, -0.2) is 13.1 Å². The van der Waals surface area contributed by atoms with Crippen LogP contribution in [0.2, 0.25) is 0 Å². The van der Waals surface area contributed by atoms with Crippen LogP contribution in [0.1, 0.15) is 26.2 Å². The average molecular weight is 310 g/mol. The van der Waals surface area contributed by atoms with Crippen molar-refractivity contribution in [2.75, 3.05) is 18.5 Å². The molecule has 6 heteroatoms. The van der Waals surface area contributed by atoms with Crippen LogP contribution >= 0.6 is 0 Å². The van der Waals surface area contributed by atoms with Crippen molar-refractivity contribution in [2.24, 2.45) is 5.92 Å². The standard InChI is InChI=1S/C15H22N2O3S/c1-11(12-8-9-20-10-12)16-14-4-2-3-5-15(14)21(18,19)17-13-6-7-13/h2-5,11-13,16-17H,6-10H2,1H3. The summed E-state index contributed by atoms with van der Waals surface area (Å²) in [6, 6.07) is 7.40. The molecule has 3 rings (SSSR count). The second-order valence-electron chi connectivity index (χ2n) is 5.95. The Morgan fingerprint density at radius 2 is 2.00 bits per heavy atom. The number of nitrogens with one attached hydrogen (secondary N) is 2. The summed E-state index contributed by atoms with van der Waals surface area (Å²) in [4.78, 5) is 0.336. The number of benzene rings is 1. The molecule has 1 heterocycles. The number of sulfonamides is 1. The molecule has 2 aliphatic rings. The lowest BCUT2D eigenvalue weighted by Gasteiger charge is -2.22. The van der Waals surface area contributed by atoms with E-state index in [-0.39, 0.29) is 12.1 Å². The zero-order valence-corrected chi connectivity index (χ0v) is 13.0. The molecule has 0 bridgehead atoms. The zero-order valence-electron chi connectivity index (χ0n) is 12.2. The van der Waals surface area contributed by atoms with Crippen molar-refractivity contribution in [3.05, 3.63) is 24.3 Å². The highest BCUT2D eigenvalue weighted by molar-refractivity contribution is 7.89. The first-order chi connectivity index (χ1) is 10.1. The zero-order chi connectivity index (χ0) is 14.9. The molecule has 1 saturated carbocycles. The van der Waals surface area contributed by atoms with Gasteiger partial charge in [0.25, 0.3) is 0 Å². The minimum absolute atomic E-state index is 0.115. The predicted octanol–water partition coefficient (Wildman–Crippen LogP) is 1.96. The molecule has 2 N–H and O–H groups in total. The normalized spacial score (nSPS) is 24.0. The Labute approximate surface area is 126 Å². The van der Waals surface area contributed by atoms with Gasteiger partial charge in [0, 0.05) is 24.6 Å². The smallest absolute Gasteiger partial charge is 0.242 e. The van der Waals surface area contributed by atoms with Crippen LogP contribution in [0.15, 0.2) is 29.2 Å². The molecule has 1 aromatic carbocycles. The van der Waals surface area contributed by atoms with Gasteiger partial charge in [0.05, 0.1) is 12.3 Å². The Hall–Kier alpha value is -1.11. The molecule has 1 aliphatic carbocycles. The molecule has 0 aromatic heterocycles. The lowest BCUT2D eigenvalue weighted by atomic mass is 10.0. The molecule has 0 spiro atoms. The number of hydrogen-bond acceptors (Lipinski definition) is 4. The molecule has 21 heavy (non-hydrogen) atoms. The van der Waals surface area contributed by atoms with E-state index in [4.69, 9.17) is 4.74 Å². The summed E-state index contributed by atoms with van der Waals surface area (Å²) in [5.74, 6) is 0.428. The minimum Gasteiger partial charge on any atom is -0.381 e. The summed E-state index contributed by atoms with van der Waals surface area (Å²) in [6.45, 7) is 3.61. The van der Waals surface area contributed by atoms with Gasteiger partial charge in [-0.1, -0.05) is 12.1 Å². The fourth-order valence-electron chi connectivity index (χ4n) is 2.61. The lowest BCUT2D eigenvalue weighted by Crippen LogP contribution is -2.30. The van der Waals surface area contributed by atoms with E-state index in [1.54, 1.807) is 12.1 Å². The minimum atomic E-state index is -3.44. The summed E-state index contributed by atoms with van der Waals surface area (Å²) < 4.78 is 33.0. The number of rotatable bonds is 6. The third kappa shape index (κ3) is 3.56. The van der Waals surface area contributed by atoms with Gasteiger partial charge in [0.2, 0.25) is 10.0 Å². The van der Waals surface area contributed by atoms with Crippen LogP contribution in [0.3, 0.4) is 0 Å². The molecular weight excluding hydrogens is 288 g/mol. The first-order valence-corrected chi connectivity index (χ1v) is 9.00. The van der Waals surface area contributed by atoms with Gasteiger partial charge in [0.1, 0.15) is 4.90 Å². The first kappa shape index (κ1) is 14.8. The maximum Gasteiger partial charge on any atom is 0.242 e. The number of anilines is 1. The highest BCUT2D eigenvalue weighted by Gasteiger charge is 2.30. The van der Waals surface area contributed by atoms with Crippen molar-refractivity contribution in [3.8, 4) is 0 Å². The molecule has 2 fully saturated rings. The quantitative estimate of drug-likeness (QED) is 0.843. The summed E-state index contributed by atoms with van der Waals surface area (Å²) in [6.07, 6.45) is 2.89. The van der Waals surface area contributed by atoms with Crippen molar-refractivity contribution in [2.45, 2.75) is 43.2 Å². The second-order valence-corrected chi connectivity index (χ2v) is 7.63. The van der Waals surface area contributed by atoms with E-state index in [2.05, 4.69) is 17.0 Å². The summed E-state index contributed by atoms with van der Waals surface area (Å²) >= 11 is 0. The largest absolute Gasteiger partial charge is 0.381 e. The van der Waals surface area contributed by atoms with Gasteiger partial charge in [-0.3, -0.25) is 0 Å². The molecule has 2 unspecified atom stereocenters. The number of ether oxygens (including phenoxy) is 1. The van der Waals surface area contributed by atoms with Crippen LogP contribution in [0.5, 0.6) is 0 Å². The average Bonchev–Trinajstić information content (AvgIpc) is 3.08. The summed E-state index contributed by atoms with van der Waals surface area (Å²) in [5.41, 5.74) is 0.671. The van der Waals surface area contributed by atoms with E-state index in [0.29, 0.717) is 16.5 Å². The van der Waals surface area contributed by atoms with Gasteiger partial charge < -0.3 is 10.1 Å². The van der Waals surface area contributed by atoms with Gasteiger partial charge in [0.15, 0.2) is 0 Å². The molecule has 5 nitrogen and oxygen atoms in total. The Kier molecular flexibility index (Phi) is 4.19. The molecular formula is C15H22N2O3S. The van der Waals surface area contributed by atoms with E-state index in [0.717, 1.165) is 32.5 Å². The molecule has 0 radical (unpaired) electrons. The maximum absolute atomic E-state index is 12.4. The molecule has 2 atom stereocenters. The first-order valence-electron chi connectivity index (χ1n) is 7.52. The molecule has 0 amide bonds. The van der Waals surface area contributed by atoms with Crippen LogP contribution in [-0.4, -0.2) is 33.7 Å². The second kappa shape index (κ2) is 5.94. The Morgan fingerprint density at radius 3 is 2.67 bits per heavy atom. The van der Waals surface area contributed by atoms with Gasteiger partial charge in [-0.15, -0.1) is 0 Å². The van der Waals surface area contributed by atoms with E-state index in [1.807, 2.05) is 12.1 Å². The Balaban J connectivity index is 1.78. The molecule has 1 saturated heterocycles. The van der Waals surface area contributed by atoms with Gasteiger partial charge in [-0.05, 0) is 38.3 Å². The van der Waals surface area contributed by atoms with Crippen LogP contribution < -0.4 is 10.0 Å². The van der Waals surface area contributed by atoms with Crippen molar-refractivity contribution in [3.63, 3.8) is 0 Å². The molecule has 1 aliphatic heterocycles. The van der Waals surface area contributed by atoms with Crippen LogP contribution in [0.4, 0.5) is 5.69 Å². The highest BCUT2D eigenvalue weighted by Crippen LogP contribution is 2.28. The third-order valence-electron chi connectivity index (χ3n) is 4.13. The topological polar surface area (TPSA) is 67.4 Å². The number of para-hydroxylation sites is 1. The number of hydrogen-bond donors (Lipinski definition) is 2. The SMILES string of the molecule is CC(Nc1ccccc1S(=O)(=O)NC1CC1)C1CCOC1. The molecule has 116 valence electrons. The Bertz CT molecular complexity index is 593. The van der Waals surface area contributed by atoms with E-state index >= 15 is 0 Å². The van der Waals surface area contributed by atoms with Crippen molar-refractivity contribution < 1.29 is 13.2 Å². The van der Waals surface area contributed by atoms with Crippen LogP contribution in [0.25, 0.3) is 0 Å². The lowest BCUT2D eigenvalue weighted by molar-refractivity contribution is 0.183. The third-order valence-corrected chi connectivity index (χ3v) is 5.71. The van der Waals surface area contributed by atoms with Crippen molar-refractivity contribution in [1.29, 1.82) is 0 Å². The predicted molar refractivity (Wildman–Crippen MR) is 81.8 cm³/mol. The summed E-state index contributed by atoms with van der Waals surface area (Å²) in [5, 5.41) is 3.35. The monoisotopic (exact) mass is 310 g/mol. The van der Waals surface area contributed by atoms with E-state index in [9.17, 15) is 8.42 Å². The fourth-order valence-corrected chi connectivity index (χ4v) is 4.09. The maximum atomic E-state index is 12.4. The van der Waals surface area contributed by atoms with Crippen LogP contribution in [-0.2, 0) is 14.8 Å². The van der Waals surface area contributed by atoms with Gasteiger partial charge in [-0.2, -0.15) is 0 Å². The Morgan fingerprint density at radius 1 is 1.24 bits per heavy atom. The van der Waals surface area contributed by atoms with E-state index < -0.39 is 10.0 Å². The fraction of sp³-hybridized carbons (Fsp3) is 0.600. The summed E-state index contributed by atoms with van der Waals surface area (Å²) in [7, 11) is -3.44.